The van der Waals surface area contributed by atoms with E-state index in [1.54, 1.807) is 12.3 Å². The van der Waals surface area contributed by atoms with Crippen LogP contribution < -0.4 is 10.6 Å². The van der Waals surface area contributed by atoms with Gasteiger partial charge in [0.15, 0.2) is 17.5 Å². The Balaban J connectivity index is 2.03. The van der Waals surface area contributed by atoms with Gasteiger partial charge in [0.2, 0.25) is 0 Å². The molecule has 2 rings (SSSR count). The lowest BCUT2D eigenvalue weighted by Gasteiger charge is -2.21. The maximum Gasteiger partial charge on any atom is 0.193 e. The van der Waals surface area contributed by atoms with Crippen LogP contribution in [0.15, 0.2) is 12.3 Å². The Morgan fingerprint density at radius 1 is 1.30 bits per heavy atom. The molecule has 2 aromatic heterocycles. The van der Waals surface area contributed by atoms with Gasteiger partial charge in [-0.15, -0.1) is 10.2 Å². The van der Waals surface area contributed by atoms with E-state index in [1.165, 1.54) is 0 Å². The molecule has 2 aromatic rings. The summed E-state index contributed by atoms with van der Waals surface area (Å²) in [6.45, 7) is 6.79. The van der Waals surface area contributed by atoms with E-state index in [0.717, 1.165) is 0 Å². The molecule has 0 fully saturated rings. The lowest BCUT2D eigenvalue weighted by Crippen LogP contribution is -2.35. The van der Waals surface area contributed by atoms with Crippen LogP contribution in [0.1, 0.15) is 32.2 Å². The SMILES string of the molecule is CC(C)(C)NCc1ccnc(NCc2nn[nH]n2)c1F. The molecule has 0 aliphatic carbocycles. The Morgan fingerprint density at radius 3 is 2.75 bits per heavy atom. The molecule has 8 heteroatoms. The van der Waals surface area contributed by atoms with Crippen LogP contribution in [0.25, 0.3) is 0 Å². The van der Waals surface area contributed by atoms with E-state index in [2.05, 4.69) is 36.2 Å². The van der Waals surface area contributed by atoms with Gasteiger partial charge < -0.3 is 10.6 Å². The molecule has 0 saturated heterocycles. The number of hydrogen-bond acceptors (Lipinski definition) is 6. The van der Waals surface area contributed by atoms with E-state index < -0.39 is 0 Å². The summed E-state index contributed by atoms with van der Waals surface area (Å²) in [5, 5.41) is 19.4. The first-order valence-corrected chi connectivity index (χ1v) is 6.30. The van der Waals surface area contributed by atoms with Crippen LogP contribution in [0.5, 0.6) is 0 Å². The summed E-state index contributed by atoms with van der Waals surface area (Å²) in [7, 11) is 0. The minimum absolute atomic E-state index is 0.0755. The normalized spacial score (nSPS) is 11.6. The van der Waals surface area contributed by atoms with Crippen molar-refractivity contribution in [3.8, 4) is 0 Å². The molecule has 3 N–H and O–H groups in total. The predicted octanol–water partition coefficient (Wildman–Crippen LogP) is 1.23. The van der Waals surface area contributed by atoms with Crippen LogP contribution in [-0.4, -0.2) is 31.1 Å². The predicted molar refractivity (Wildman–Crippen MR) is 72.3 cm³/mol. The van der Waals surface area contributed by atoms with Crippen molar-refractivity contribution in [2.75, 3.05) is 5.32 Å². The van der Waals surface area contributed by atoms with Gasteiger partial charge in [-0.25, -0.2) is 9.37 Å². The first-order chi connectivity index (χ1) is 9.46. The van der Waals surface area contributed by atoms with Gasteiger partial charge in [0, 0.05) is 23.8 Å². The lowest BCUT2D eigenvalue weighted by molar-refractivity contribution is 0.418. The van der Waals surface area contributed by atoms with E-state index in [9.17, 15) is 4.39 Å². The average Bonchev–Trinajstić information content (AvgIpc) is 2.88. The van der Waals surface area contributed by atoms with E-state index in [-0.39, 0.29) is 23.7 Å². The molecule has 0 atom stereocenters. The summed E-state index contributed by atoms with van der Waals surface area (Å²) in [6.07, 6.45) is 1.57. The minimum atomic E-state index is -0.368. The topological polar surface area (TPSA) is 91.4 Å². The Bertz CT molecular complexity index is 547. The maximum absolute atomic E-state index is 14.2. The highest BCUT2D eigenvalue weighted by molar-refractivity contribution is 5.39. The molecule has 0 aliphatic heterocycles. The largest absolute Gasteiger partial charge is 0.360 e. The van der Waals surface area contributed by atoms with Gasteiger partial charge in [-0.05, 0) is 26.8 Å². The highest BCUT2D eigenvalue weighted by Gasteiger charge is 2.13. The molecule has 0 bridgehead atoms. The number of rotatable bonds is 5. The van der Waals surface area contributed by atoms with Crippen molar-refractivity contribution < 1.29 is 4.39 Å². The summed E-state index contributed by atoms with van der Waals surface area (Å²) in [4.78, 5) is 3.98. The smallest absolute Gasteiger partial charge is 0.193 e. The van der Waals surface area contributed by atoms with Crippen LogP contribution in [0, 0.1) is 5.82 Å². The van der Waals surface area contributed by atoms with Gasteiger partial charge in [0.05, 0.1) is 6.54 Å². The van der Waals surface area contributed by atoms with Crippen molar-refractivity contribution in [3.05, 3.63) is 29.5 Å². The third kappa shape index (κ3) is 3.95. The number of hydrogen-bond donors (Lipinski definition) is 3. The van der Waals surface area contributed by atoms with Gasteiger partial charge in [0.1, 0.15) is 0 Å². The Morgan fingerprint density at radius 2 is 2.10 bits per heavy atom. The number of aromatic nitrogens is 5. The molecular weight excluding hydrogens is 261 g/mol. The number of tetrazole rings is 1. The fourth-order valence-electron chi connectivity index (χ4n) is 1.52. The van der Waals surface area contributed by atoms with Crippen LogP contribution in [-0.2, 0) is 13.1 Å². The highest BCUT2D eigenvalue weighted by Crippen LogP contribution is 2.16. The number of nitrogens with one attached hydrogen (secondary N) is 3. The Labute approximate surface area is 116 Å². The zero-order chi connectivity index (χ0) is 14.6. The van der Waals surface area contributed by atoms with Crippen molar-refractivity contribution >= 4 is 5.82 Å². The number of anilines is 1. The monoisotopic (exact) mass is 279 g/mol. The van der Waals surface area contributed by atoms with Crippen LogP contribution >= 0.6 is 0 Å². The first kappa shape index (κ1) is 14.3. The molecule has 20 heavy (non-hydrogen) atoms. The second-order valence-electron chi connectivity index (χ2n) is 5.42. The van der Waals surface area contributed by atoms with Gasteiger partial charge in [-0.1, -0.05) is 5.21 Å². The first-order valence-electron chi connectivity index (χ1n) is 6.30. The van der Waals surface area contributed by atoms with Crippen LogP contribution in [0.2, 0.25) is 0 Å². The van der Waals surface area contributed by atoms with Gasteiger partial charge in [-0.2, -0.15) is 5.21 Å². The summed E-state index contributed by atoms with van der Waals surface area (Å²) in [6, 6.07) is 1.66. The van der Waals surface area contributed by atoms with E-state index in [4.69, 9.17) is 0 Å². The number of halogens is 1. The average molecular weight is 279 g/mol. The zero-order valence-electron chi connectivity index (χ0n) is 11.7. The number of H-pyrrole nitrogens is 1. The summed E-state index contributed by atoms with van der Waals surface area (Å²) in [5.74, 6) is 0.264. The molecule has 0 amide bonds. The van der Waals surface area contributed by atoms with Crippen molar-refractivity contribution in [2.45, 2.75) is 39.4 Å². The number of pyridine rings is 1. The fraction of sp³-hybridized carbons (Fsp3) is 0.500. The van der Waals surface area contributed by atoms with Gasteiger partial charge in [0.25, 0.3) is 0 Å². The van der Waals surface area contributed by atoms with Crippen LogP contribution in [0.3, 0.4) is 0 Å². The maximum atomic E-state index is 14.2. The van der Waals surface area contributed by atoms with Crippen molar-refractivity contribution in [3.63, 3.8) is 0 Å². The second kappa shape index (κ2) is 5.91. The zero-order valence-corrected chi connectivity index (χ0v) is 11.7. The highest BCUT2D eigenvalue weighted by atomic mass is 19.1. The minimum Gasteiger partial charge on any atom is -0.360 e. The molecule has 7 nitrogen and oxygen atoms in total. The van der Waals surface area contributed by atoms with Crippen molar-refractivity contribution in [2.24, 2.45) is 0 Å². The quantitative estimate of drug-likeness (QED) is 0.762. The third-order valence-electron chi connectivity index (χ3n) is 2.58. The van der Waals surface area contributed by atoms with E-state index in [0.29, 0.717) is 17.9 Å². The van der Waals surface area contributed by atoms with Crippen molar-refractivity contribution in [1.82, 2.24) is 30.9 Å². The molecule has 0 unspecified atom stereocenters. The van der Waals surface area contributed by atoms with Gasteiger partial charge in [-0.3, -0.25) is 0 Å². The molecule has 0 spiro atoms. The molecule has 0 aliphatic rings. The third-order valence-corrected chi connectivity index (χ3v) is 2.58. The molecule has 108 valence electrons. The number of nitrogens with zero attached hydrogens (tertiary/aromatic N) is 4. The molecule has 0 radical (unpaired) electrons. The molecule has 0 aromatic carbocycles. The second-order valence-corrected chi connectivity index (χ2v) is 5.42. The van der Waals surface area contributed by atoms with Crippen LogP contribution in [0.4, 0.5) is 10.2 Å². The fourth-order valence-corrected chi connectivity index (χ4v) is 1.52. The van der Waals surface area contributed by atoms with E-state index in [1.807, 2.05) is 20.8 Å². The Hall–Kier alpha value is -2.09. The molecule has 2 heterocycles. The summed E-state index contributed by atoms with van der Waals surface area (Å²) < 4.78 is 14.2. The standard InChI is InChI=1S/C12H18FN7/c1-12(2,3)16-6-8-4-5-14-11(10(8)13)15-7-9-17-19-20-18-9/h4-5,16H,6-7H2,1-3H3,(H,14,15)(H,17,18,19,20). The summed E-state index contributed by atoms with van der Waals surface area (Å²) in [5.41, 5.74) is 0.485. The van der Waals surface area contributed by atoms with Crippen molar-refractivity contribution in [1.29, 1.82) is 0 Å². The molecule has 0 saturated carbocycles. The molecular formula is C12H18FN7. The Kier molecular flexibility index (Phi) is 4.23. The summed E-state index contributed by atoms with van der Waals surface area (Å²) >= 11 is 0. The van der Waals surface area contributed by atoms with E-state index >= 15 is 0 Å². The van der Waals surface area contributed by atoms with Gasteiger partial charge >= 0.3 is 0 Å². The lowest BCUT2D eigenvalue weighted by atomic mass is 10.1. The number of aromatic amines is 1.